The standard InChI is InChI=1S/C11H26O5Si/c1-9(2)8-15-11(10(3)4)16-17(12-5,13-6)14-7/h9-11H,8H2,1-7H3. The molecule has 6 heteroatoms. The number of rotatable bonds is 9. The van der Waals surface area contributed by atoms with Crippen molar-refractivity contribution in [1.29, 1.82) is 0 Å². The topological polar surface area (TPSA) is 46.2 Å². The van der Waals surface area contributed by atoms with Crippen molar-refractivity contribution in [3.05, 3.63) is 0 Å². The smallest absolute Gasteiger partial charge is 0.355 e. The first-order valence-corrected chi connectivity index (χ1v) is 7.49. The van der Waals surface area contributed by atoms with Crippen molar-refractivity contribution in [3.8, 4) is 0 Å². The largest absolute Gasteiger partial charge is 0.680 e. The summed E-state index contributed by atoms with van der Waals surface area (Å²) < 4.78 is 27.1. The van der Waals surface area contributed by atoms with Crippen molar-refractivity contribution in [2.75, 3.05) is 27.9 Å². The molecular weight excluding hydrogens is 240 g/mol. The van der Waals surface area contributed by atoms with Crippen LogP contribution in [0.15, 0.2) is 0 Å². The van der Waals surface area contributed by atoms with E-state index < -0.39 is 9.05 Å². The first-order valence-electron chi connectivity index (χ1n) is 5.85. The van der Waals surface area contributed by atoms with Crippen LogP contribution in [0, 0.1) is 11.8 Å². The fourth-order valence-electron chi connectivity index (χ4n) is 1.19. The molecule has 0 heterocycles. The van der Waals surface area contributed by atoms with E-state index >= 15 is 0 Å². The summed E-state index contributed by atoms with van der Waals surface area (Å²) in [5.74, 6) is 0.643. The highest BCUT2D eigenvalue weighted by Gasteiger charge is 2.45. The van der Waals surface area contributed by atoms with Gasteiger partial charge in [0.25, 0.3) is 0 Å². The Morgan fingerprint density at radius 1 is 0.882 bits per heavy atom. The van der Waals surface area contributed by atoms with Crippen molar-refractivity contribution in [2.45, 2.75) is 34.0 Å². The first kappa shape index (κ1) is 17.0. The predicted octanol–water partition coefficient (Wildman–Crippen LogP) is 2.03. The van der Waals surface area contributed by atoms with E-state index in [1.165, 1.54) is 21.3 Å². The number of hydrogen-bond acceptors (Lipinski definition) is 5. The van der Waals surface area contributed by atoms with E-state index in [0.717, 1.165) is 0 Å². The average molecular weight is 266 g/mol. The van der Waals surface area contributed by atoms with Gasteiger partial charge in [-0.3, -0.25) is 0 Å². The lowest BCUT2D eigenvalue weighted by molar-refractivity contribution is -0.164. The van der Waals surface area contributed by atoms with Gasteiger partial charge in [0.15, 0.2) is 6.29 Å². The van der Waals surface area contributed by atoms with Crippen LogP contribution in [0.25, 0.3) is 0 Å². The molecule has 1 atom stereocenters. The van der Waals surface area contributed by atoms with Crippen LogP contribution in [0.5, 0.6) is 0 Å². The van der Waals surface area contributed by atoms with Gasteiger partial charge >= 0.3 is 9.05 Å². The fourth-order valence-corrected chi connectivity index (χ4v) is 2.60. The van der Waals surface area contributed by atoms with Gasteiger partial charge in [-0.2, -0.15) is 0 Å². The van der Waals surface area contributed by atoms with E-state index in [4.69, 9.17) is 22.4 Å². The monoisotopic (exact) mass is 266 g/mol. The second kappa shape index (κ2) is 8.18. The molecule has 1 unspecified atom stereocenters. The molecule has 0 saturated carbocycles. The Kier molecular flexibility index (Phi) is 8.19. The molecule has 17 heavy (non-hydrogen) atoms. The number of ether oxygens (including phenoxy) is 1. The summed E-state index contributed by atoms with van der Waals surface area (Å²) in [6, 6.07) is 0. The Labute approximate surface area is 106 Å². The summed E-state index contributed by atoms with van der Waals surface area (Å²) in [6.07, 6.45) is -0.385. The fraction of sp³-hybridized carbons (Fsp3) is 1.00. The lowest BCUT2D eigenvalue weighted by Gasteiger charge is -2.30. The molecule has 0 rings (SSSR count). The zero-order valence-electron chi connectivity index (χ0n) is 12.0. The summed E-state index contributed by atoms with van der Waals surface area (Å²) in [5, 5.41) is 0. The van der Waals surface area contributed by atoms with Crippen LogP contribution in [0.1, 0.15) is 27.7 Å². The van der Waals surface area contributed by atoms with Gasteiger partial charge in [0.05, 0.1) is 6.61 Å². The molecule has 0 N–H and O–H groups in total. The Bertz CT molecular complexity index is 186. The van der Waals surface area contributed by atoms with Crippen LogP contribution in [0.4, 0.5) is 0 Å². The van der Waals surface area contributed by atoms with Gasteiger partial charge in [0.1, 0.15) is 0 Å². The minimum Gasteiger partial charge on any atom is -0.355 e. The van der Waals surface area contributed by atoms with Gasteiger partial charge in [0.2, 0.25) is 0 Å². The third kappa shape index (κ3) is 5.94. The van der Waals surface area contributed by atoms with E-state index in [9.17, 15) is 0 Å². The van der Waals surface area contributed by atoms with Crippen molar-refractivity contribution in [3.63, 3.8) is 0 Å². The van der Waals surface area contributed by atoms with E-state index in [1.807, 2.05) is 13.8 Å². The molecule has 0 aromatic heterocycles. The summed E-state index contributed by atoms with van der Waals surface area (Å²) >= 11 is 0. The Balaban J connectivity index is 4.50. The maximum Gasteiger partial charge on any atom is 0.680 e. The molecule has 5 nitrogen and oxygen atoms in total. The van der Waals surface area contributed by atoms with Gasteiger partial charge in [-0.15, -0.1) is 0 Å². The molecule has 0 radical (unpaired) electrons. The van der Waals surface area contributed by atoms with Crippen molar-refractivity contribution < 1.29 is 22.4 Å². The Hall–Kier alpha value is 0.0169. The van der Waals surface area contributed by atoms with Crippen LogP contribution in [-0.2, 0) is 22.4 Å². The van der Waals surface area contributed by atoms with Crippen LogP contribution >= 0.6 is 0 Å². The van der Waals surface area contributed by atoms with Crippen LogP contribution in [0.3, 0.4) is 0 Å². The summed E-state index contributed by atoms with van der Waals surface area (Å²) in [7, 11) is 1.50. The molecule has 0 amide bonds. The van der Waals surface area contributed by atoms with Crippen molar-refractivity contribution >= 4 is 9.05 Å². The maximum absolute atomic E-state index is 5.75. The minimum absolute atomic E-state index is 0.195. The molecule has 0 aliphatic carbocycles. The van der Waals surface area contributed by atoms with Gasteiger partial charge in [-0.1, -0.05) is 27.7 Å². The maximum atomic E-state index is 5.75. The summed E-state index contributed by atoms with van der Waals surface area (Å²) in [6.45, 7) is 8.84. The van der Waals surface area contributed by atoms with Gasteiger partial charge in [-0.25, -0.2) is 0 Å². The van der Waals surface area contributed by atoms with E-state index in [-0.39, 0.29) is 12.2 Å². The van der Waals surface area contributed by atoms with Crippen molar-refractivity contribution in [2.24, 2.45) is 11.8 Å². The van der Waals surface area contributed by atoms with Gasteiger partial charge in [-0.05, 0) is 5.92 Å². The zero-order valence-corrected chi connectivity index (χ0v) is 13.0. The highest BCUT2D eigenvalue weighted by Crippen LogP contribution is 2.18. The highest BCUT2D eigenvalue weighted by atomic mass is 28.4. The lowest BCUT2D eigenvalue weighted by Crippen LogP contribution is -2.50. The van der Waals surface area contributed by atoms with Crippen LogP contribution in [-0.4, -0.2) is 43.3 Å². The molecule has 0 aromatic carbocycles. The average Bonchev–Trinajstić information content (AvgIpc) is 2.30. The molecular formula is C11H26O5Si. The summed E-state index contributed by atoms with van der Waals surface area (Å²) in [5.41, 5.74) is 0. The molecule has 0 bridgehead atoms. The highest BCUT2D eigenvalue weighted by molar-refractivity contribution is 6.53. The predicted molar refractivity (Wildman–Crippen MR) is 67.3 cm³/mol. The second-order valence-electron chi connectivity index (χ2n) is 4.57. The van der Waals surface area contributed by atoms with E-state index in [2.05, 4.69) is 13.8 Å². The third-order valence-corrected chi connectivity index (χ3v) is 4.17. The van der Waals surface area contributed by atoms with Gasteiger partial charge < -0.3 is 22.4 Å². The molecule has 0 fully saturated rings. The summed E-state index contributed by atoms with van der Waals surface area (Å²) in [4.78, 5) is 0. The van der Waals surface area contributed by atoms with E-state index in [1.54, 1.807) is 0 Å². The van der Waals surface area contributed by atoms with Crippen molar-refractivity contribution in [1.82, 2.24) is 0 Å². The quantitative estimate of drug-likeness (QED) is 0.472. The lowest BCUT2D eigenvalue weighted by atomic mass is 10.2. The van der Waals surface area contributed by atoms with Crippen LogP contribution in [0.2, 0.25) is 0 Å². The van der Waals surface area contributed by atoms with Gasteiger partial charge in [0, 0.05) is 27.2 Å². The zero-order chi connectivity index (χ0) is 13.5. The normalized spacial score (nSPS) is 14.6. The molecule has 0 aromatic rings. The SMILES string of the molecule is CO[Si](OC)(OC)OC(OCC(C)C)C(C)C. The minimum atomic E-state index is -3.04. The second-order valence-corrected chi connectivity index (χ2v) is 7.03. The number of hydrogen-bond donors (Lipinski definition) is 0. The molecule has 104 valence electrons. The molecule has 0 aliphatic rings. The molecule has 0 saturated heterocycles. The van der Waals surface area contributed by atoms with Crippen LogP contribution < -0.4 is 0 Å². The first-order chi connectivity index (χ1) is 7.90. The molecule has 0 aliphatic heterocycles. The molecule has 0 spiro atoms. The Morgan fingerprint density at radius 3 is 1.65 bits per heavy atom. The third-order valence-electron chi connectivity index (χ3n) is 2.15. The Morgan fingerprint density at radius 2 is 1.35 bits per heavy atom. The van der Waals surface area contributed by atoms with E-state index in [0.29, 0.717) is 12.5 Å².